The fourth-order valence-electron chi connectivity index (χ4n) is 4.37. The Kier molecular flexibility index (Phi) is 5.47. The summed E-state index contributed by atoms with van der Waals surface area (Å²) in [6.07, 6.45) is 8.02. The van der Waals surface area contributed by atoms with Crippen molar-refractivity contribution < 1.29 is 4.39 Å². The summed E-state index contributed by atoms with van der Waals surface area (Å²) in [6, 6.07) is 8.96. The number of hydrogen-bond donors (Lipinski definition) is 2. The van der Waals surface area contributed by atoms with Crippen LogP contribution < -0.4 is 10.2 Å². The lowest BCUT2D eigenvalue weighted by molar-refractivity contribution is 0.353. The van der Waals surface area contributed by atoms with E-state index in [1.54, 1.807) is 24.5 Å². The lowest BCUT2D eigenvalue weighted by Crippen LogP contribution is -2.47. The average Bonchev–Trinajstić information content (AvgIpc) is 3.37. The third-order valence-corrected chi connectivity index (χ3v) is 5.93. The molecule has 3 aromatic heterocycles. The molecule has 0 aromatic carbocycles. The van der Waals surface area contributed by atoms with Crippen LogP contribution in [0.2, 0.25) is 0 Å². The fraction of sp³-hybridized carbons (Fsp3) is 0.400. The van der Waals surface area contributed by atoms with E-state index in [0.717, 1.165) is 18.7 Å². The van der Waals surface area contributed by atoms with Crippen molar-refractivity contribution in [2.75, 3.05) is 11.9 Å². The van der Waals surface area contributed by atoms with Gasteiger partial charge in [0.25, 0.3) is 0 Å². The molecule has 3 atom stereocenters. The molecule has 0 radical (unpaired) electrons. The maximum atomic E-state index is 14.4. The van der Waals surface area contributed by atoms with E-state index in [1.807, 2.05) is 12.1 Å². The number of aromatic amines is 1. The number of hydrogen-bond acceptors (Lipinski definition) is 6. The molecule has 2 fully saturated rings. The normalized spacial score (nSPS) is 22.9. The van der Waals surface area contributed by atoms with Gasteiger partial charge in [0.15, 0.2) is 5.82 Å². The molecule has 0 spiro atoms. The van der Waals surface area contributed by atoms with Crippen LogP contribution in [0.1, 0.15) is 25.7 Å². The third-order valence-electron chi connectivity index (χ3n) is 5.93. The molecule has 0 unspecified atom stereocenters. The van der Waals surface area contributed by atoms with Crippen molar-refractivity contribution in [1.29, 1.82) is 0 Å². The van der Waals surface area contributed by atoms with Gasteiger partial charge in [0.05, 0.1) is 11.9 Å². The van der Waals surface area contributed by atoms with Gasteiger partial charge in [-0.1, -0.05) is 0 Å². The highest BCUT2D eigenvalue weighted by Gasteiger charge is 2.35. The van der Waals surface area contributed by atoms with E-state index in [4.69, 9.17) is 0 Å². The number of anilines is 1. The molecular weight excluding hydrogens is 393 g/mol. The Hall–Kier alpha value is -2.58. The van der Waals surface area contributed by atoms with Crippen LogP contribution in [0.5, 0.6) is 0 Å². The van der Waals surface area contributed by atoms with Crippen LogP contribution >= 0.6 is 12.4 Å². The van der Waals surface area contributed by atoms with Gasteiger partial charge in [0.1, 0.15) is 5.69 Å². The molecule has 2 aliphatic rings. The number of pyridine rings is 1. The summed E-state index contributed by atoms with van der Waals surface area (Å²) in [4.78, 5) is 6.28. The first kappa shape index (κ1) is 19.7. The van der Waals surface area contributed by atoms with Gasteiger partial charge in [0, 0.05) is 42.5 Å². The highest BCUT2D eigenvalue weighted by molar-refractivity contribution is 5.85. The Morgan fingerprint density at radius 2 is 1.79 bits per heavy atom. The van der Waals surface area contributed by atoms with Crippen molar-refractivity contribution in [3.05, 3.63) is 42.6 Å². The average molecular weight is 416 g/mol. The lowest BCUT2D eigenvalue weighted by Gasteiger charge is -2.36. The van der Waals surface area contributed by atoms with Crippen molar-refractivity contribution in [2.24, 2.45) is 0 Å². The number of fused-ring (bicyclic) bond motifs is 2. The van der Waals surface area contributed by atoms with Crippen molar-refractivity contribution in [2.45, 2.75) is 43.8 Å². The molecule has 7 nitrogen and oxygen atoms in total. The summed E-state index contributed by atoms with van der Waals surface area (Å²) in [5.41, 5.74) is 2.09. The quantitative estimate of drug-likeness (QED) is 0.637. The van der Waals surface area contributed by atoms with Crippen molar-refractivity contribution in [3.63, 3.8) is 0 Å². The molecule has 9 heteroatoms. The highest BCUT2D eigenvalue weighted by Crippen LogP contribution is 2.31. The smallest absolute Gasteiger partial charge is 0.221 e. The first-order valence-corrected chi connectivity index (χ1v) is 9.66. The topological polar surface area (TPSA) is 82.6 Å². The van der Waals surface area contributed by atoms with Crippen LogP contribution in [-0.4, -0.2) is 50.6 Å². The molecule has 152 valence electrons. The zero-order valence-corrected chi connectivity index (χ0v) is 16.9. The zero-order chi connectivity index (χ0) is 19.1. The predicted octanol–water partition coefficient (Wildman–Crippen LogP) is 3.21. The summed E-state index contributed by atoms with van der Waals surface area (Å²) >= 11 is 0. The molecule has 5 rings (SSSR count). The minimum Gasteiger partial charge on any atom is -0.355 e. The number of halogens is 2. The monoisotopic (exact) mass is 415 g/mol. The molecule has 0 saturated carbocycles. The summed E-state index contributed by atoms with van der Waals surface area (Å²) in [5, 5.41) is 18.9. The van der Waals surface area contributed by atoms with E-state index in [-0.39, 0.29) is 12.4 Å². The SMILES string of the molecule is CN(c1ccc(-c2ccc(-c3cn[nH]c3)c(F)n2)nn1)[C@H]1C[C@H]2CC[C@@H](C1)N2.Cl. The molecule has 5 heterocycles. The molecule has 0 aliphatic carbocycles. The molecule has 3 aromatic rings. The summed E-state index contributed by atoms with van der Waals surface area (Å²) in [5.74, 6) is 0.289. The minimum atomic E-state index is -0.549. The second kappa shape index (κ2) is 8.04. The van der Waals surface area contributed by atoms with Gasteiger partial charge in [-0.3, -0.25) is 5.10 Å². The van der Waals surface area contributed by atoms with E-state index in [1.165, 1.54) is 12.8 Å². The first-order valence-electron chi connectivity index (χ1n) is 9.66. The third kappa shape index (κ3) is 3.82. The van der Waals surface area contributed by atoms with E-state index >= 15 is 0 Å². The molecule has 2 aliphatic heterocycles. The van der Waals surface area contributed by atoms with E-state index in [2.05, 4.69) is 42.6 Å². The summed E-state index contributed by atoms with van der Waals surface area (Å²) in [7, 11) is 2.08. The largest absolute Gasteiger partial charge is 0.355 e. The van der Waals surface area contributed by atoms with E-state index < -0.39 is 5.95 Å². The van der Waals surface area contributed by atoms with Crippen LogP contribution in [0.25, 0.3) is 22.5 Å². The Morgan fingerprint density at radius 1 is 1.03 bits per heavy atom. The predicted molar refractivity (Wildman–Crippen MR) is 111 cm³/mol. The number of rotatable bonds is 4. The van der Waals surface area contributed by atoms with Gasteiger partial charge in [-0.15, -0.1) is 22.6 Å². The van der Waals surface area contributed by atoms with Crippen LogP contribution in [0.15, 0.2) is 36.7 Å². The van der Waals surface area contributed by atoms with Crippen molar-refractivity contribution in [1.82, 2.24) is 30.7 Å². The number of nitrogens with zero attached hydrogens (tertiary/aromatic N) is 5. The van der Waals surface area contributed by atoms with Gasteiger partial charge in [-0.05, 0) is 49.9 Å². The molecule has 2 bridgehead atoms. The lowest BCUT2D eigenvalue weighted by atomic mass is 9.98. The molecular formula is C20H23ClFN7. The highest BCUT2D eigenvalue weighted by atomic mass is 35.5. The molecule has 29 heavy (non-hydrogen) atoms. The number of piperidine rings is 1. The van der Waals surface area contributed by atoms with Gasteiger partial charge in [0.2, 0.25) is 5.95 Å². The Morgan fingerprint density at radius 3 is 2.41 bits per heavy atom. The number of aromatic nitrogens is 5. The molecule has 2 saturated heterocycles. The fourth-order valence-corrected chi connectivity index (χ4v) is 4.37. The standard InChI is InChI=1S/C20H22FN7.ClH/c1-28(15-8-13-2-3-14(9-15)24-13)19-7-6-18(26-27-19)17-5-4-16(20(21)25-17)12-10-22-23-11-12;/h4-7,10-11,13-15,24H,2-3,8-9H2,1H3,(H,22,23);1H/t13-,14+,15+;. The van der Waals surface area contributed by atoms with Crippen LogP contribution in [0.4, 0.5) is 10.2 Å². The maximum absolute atomic E-state index is 14.4. The van der Waals surface area contributed by atoms with Gasteiger partial charge in [-0.2, -0.15) is 9.49 Å². The molecule has 2 N–H and O–H groups in total. The van der Waals surface area contributed by atoms with E-state index in [0.29, 0.717) is 40.6 Å². The van der Waals surface area contributed by atoms with Gasteiger partial charge < -0.3 is 10.2 Å². The second-order valence-electron chi connectivity index (χ2n) is 7.67. The zero-order valence-electron chi connectivity index (χ0n) is 16.0. The van der Waals surface area contributed by atoms with Crippen molar-refractivity contribution >= 4 is 18.2 Å². The minimum absolute atomic E-state index is 0. The van der Waals surface area contributed by atoms with Gasteiger partial charge in [-0.25, -0.2) is 4.98 Å². The van der Waals surface area contributed by atoms with Gasteiger partial charge >= 0.3 is 0 Å². The van der Waals surface area contributed by atoms with Crippen LogP contribution in [-0.2, 0) is 0 Å². The number of nitrogens with one attached hydrogen (secondary N) is 2. The second-order valence-corrected chi connectivity index (χ2v) is 7.67. The summed E-state index contributed by atoms with van der Waals surface area (Å²) in [6.45, 7) is 0. The summed E-state index contributed by atoms with van der Waals surface area (Å²) < 4.78 is 14.4. The Balaban J connectivity index is 0.00000205. The number of H-pyrrole nitrogens is 1. The van der Waals surface area contributed by atoms with Crippen LogP contribution in [0.3, 0.4) is 0 Å². The Bertz CT molecular complexity index is 951. The maximum Gasteiger partial charge on any atom is 0.221 e. The first-order chi connectivity index (χ1) is 13.7. The van der Waals surface area contributed by atoms with Crippen LogP contribution in [0, 0.1) is 5.95 Å². The van der Waals surface area contributed by atoms with E-state index in [9.17, 15) is 4.39 Å². The molecule has 0 amide bonds. The van der Waals surface area contributed by atoms with Crippen molar-refractivity contribution in [3.8, 4) is 22.5 Å². The Labute approximate surface area is 174 Å².